The Balaban J connectivity index is 2.08. The third kappa shape index (κ3) is 3.73. The van der Waals surface area contributed by atoms with Crippen LogP contribution in [0.4, 0.5) is 0 Å². The van der Waals surface area contributed by atoms with Crippen LogP contribution in [0.3, 0.4) is 0 Å². The van der Waals surface area contributed by atoms with Crippen LogP contribution in [0.15, 0.2) is 34.9 Å². The molecule has 0 spiro atoms. The summed E-state index contributed by atoms with van der Waals surface area (Å²) in [5, 5.41) is 9.48. The van der Waals surface area contributed by atoms with Crippen LogP contribution in [0.1, 0.15) is 30.2 Å². The van der Waals surface area contributed by atoms with Gasteiger partial charge in [0.1, 0.15) is 5.76 Å². The average molecular weight is 375 g/mol. The maximum absolute atomic E-state index is 11.5. The van der Waals surface area contributed by atoms with Gasteiger partial charge in [-0.2, -0.15) is 0 Å². The number of rotatable bonds is 7. The van der Waals surface area contributed by atoms with Crippen molar-refractivity contribution in [3.8, 4) is 17.2 Å². The number of nitrogens with zero attached hydrogens (tertiary/aromatic N) is 1. The van der Waals surface area contributed by atoms with Gasteiger partial charge in [0.2, 0.25) is 5.75 Å². The zero-order chi connectivity index (χ0) is 19.4. The van der Waals surface area contributed by atoms with Gasteiger partial charge in [0.05, 0.1) is 39.6 Å². The Hall–Kier alpha value is -2.67. The number of likely N-dealkylation sites (tertiary alicyclic amines) is 1. The molecule has 1 aromatic carbocycles. The second kappa shape index (κ2) is 8.35. The number of aliphatic carboxylic acids is 1. The molecule has 1 aromatic heterocycles. The molecule has 3 rings (SSSR count). The molecule has 1 fully saturated rings. The molecule has 2 heterocycles. The van der Waals surface area contributed by atoms with E-state index in [-0.39, 0.29) is 6.04 Å². The molecule has 7 heteroatoms. The summed E-state index contributed by atoms with van der Waals surface area (Å²) in [5.41, 5.74) is 0.844. The smallest absolute Gasteiger partial charge is 0.307 e. The van der Waals surface area contributed by atoms with Gasteiger partial charge in [-0.05, 0) is 43.7 Å². The highest BCUT2D eigenvalue weighted by Crippen LogP contribution is 2.45. The summed E-state index contributed by atoms with van der Waals surface area (Å²) in [7, 11) is 4.72. The minimum atomic E-state index is -0.767. The Kier molecular flexibility index (Phi) is 5.91. The monoisotopic (exact) mass is 375 g/mol. The van der Waals surface area contributed by atoms with Crippen molar-refractivity contribution in [1.82, 2.24) is 4.90 Å². The van der Waals surface area contributed by atoms with Crippen molar-refractivity contribution < 1.29 is 28.5 Å². The van der Waals surface area contributed by atoms with Crippen LogP contribution in [0, 0.1) is 5.92 Å². The molecule has 0 amide bonds. The predicted octanol–water partition coefficient (Wildman–Crippen LogP) is 3.19. The lowest BCUT2D eigenvalue weighted by molar-refractivity contribution is -0.143. The number of piperidine rings is 1. The minimum absolute atomic E-state index is 0.281. The van der Waals surface area contributed by atoms with E-state index in [9.17, 15) is 9.90 Å². The van der Waals surface area contributed by atoms with Gasteiger partial charge in [-0.1, -0.05) is 0 Å². The molecule has 2 unspecified atom stereocenters. The zero-order valence-electron chi connectivity index (χ0n) is 15.8. The third-order valence-corrected chi connectivity index (χ3v) is 5.01. The van der Waals surface area contributed by atoms with E-state index in [4.69, 9.17) is 18.6 Å². The number of carboxylic acids is 1. The first-order valence-electron chi connectivity index (χ1n) is 8.89. The lowest BCUT2D eigenvalue weighted by atomic mass is 9.93. The molecule has 146 valence electrons. The van der Waals surface area contributed by atoms with Gasteiger partial charge in [0.15, 0.2) is 11.5 Å². The van der Waals surface area contributed by atoms with Crippen molar-refractivity contribution >= 4 is 5.97 Å². The number of furan rings is 1. The summed E-state index contributed by atoms with van der Waals surface area (Å²) in [6.07, 6.45) is 3.11. The van der Waals surface area contributed by atoms with Crippen molar-refractivity contribution in [3.63, 3.8) is 0 Å². The zero-order valence-corrected chi connectivity index (χ0v) is 15.8. The molecular weight excluding hydrogens is 350 g/mol. The fourth-order valence-electron chi connectivity index (χ4n) is 3.76. The van der Waals surface area contributed by atoms with Crippen molar-refractivity contribution in [3.05, 3.63) is 41.9 Å². The maximum Gasteiger partial charge on any atom is 0.307 e. The summed E-state index contributed by atoms with van der Waals surface area (Å²) in [5.74, 6) is 1.18. The van der Waals surface area contributed by atoms with Gasteiger partial charge < -0.3 is 23.7 Å². The molecule has 1 N–H and O–H groups in total. The molecule has 1 aliphatic rings. The third-order valence-electron chi connectivity index (χ3n) is 5.01. The first-order valence-corrected chi connectivity index (χ1v) is 8.89. The van der Waals surface area contributed by atoms with Crippen molar-refractivity contribution in [2.75, 3.05) is 34.4 Å². The number of carboxylic acid groups (broad SMARTS) is 1. The molecule has 0 radical (unpaired) electrons. The number of hydrogen-bond donors (Lipinski definition) is 1. The van der Waals surface area contributed by atoms with E-state index in [1.54, 1.807) is 27.6 Å². The van der Waals surface area contributed by atoms with E-state index in [1.807, 2.05) is 24.3 Å². The van der Waals surface area contributed by atoms with Gasteiger partial charge in [-0.3, -0.25) is 9.69 Å². The largest absolute Gasteiger partial charge is 0.493 e. The van der Waals surface area contributed by atoms with Crippen LogP contribution >= 0.6 is 0 Å². The van der Waals surface area contributed by atoms with E-state index in [0.717, 1.165) is 24.3 Å². The Morgan fingerprint density at radius 1 is 1.19 bits per heavy atom. The SMILES string of the molecule is COc1ccc(C(c2ccco2)N2CCCC(C(=O)O)C2)c(OC)c1OC. The summed E-state index contributed by atoms with van der Waals surface area (Å²) < 4.78 is 22.3. The molecule has 2 aromatic rings. The highest BCUT2D eigenvalue weighted by Gasteiger charge is 2.35. The molecule has 2 atom stereocenters. The van der Waals surface area contributed by atoms with E-state index in [1.165, 1.54) is 0 Å². The standard InChI is InChI=1S/C20H25NO6/c1-24-16-9-8-14(18(25-2)19(16)26-3)17(15-7-5-11-27-15)21-10-4-6-13(12-21)20(22)23/h5,7-9,11,13,17H,4,6,10,12H2,1-3H3,(H,22,23). The average Bonchev–Trinajstić information content (AvgIpc) is 3.22. The topological polar surface area (TPSA) is 81.4 Å². The first-order chi connectivity index (χ1) is 13.1. The van der Waals surface area contributed by atoms with Crippen molar-refractivity contribution in [2.24, 2.45) is 5.92 Å². The highest BCUT2D eigenvalue weighted by molar-refractivity contribution is 5.70. The molecule has 7 nitrogen and oxygen atoms in total. The van der Waals surface area contributed by atoms with Crippen LogP contribution in [-0.4, -0.2) is 50.4 Å². The van der Waals surface area contributed by atoms with Gasteiger partial charge in [0, 0.05) is 12.1 Å². The summed E-state index contributed by atoms with van der Waals surface area (Å²) in [4.78, 5) is 13.7. The molecule has 0 bridgehead atoms. The van der Waals surface area contributed by atoms with E-state index >= 15 is 0 Å². The van der Waals surface area contributed by atoms with E-state index in [0.29, 0.717) is 30.2 Å². The van der Waals surface area contributed by atoms with Crippen LogP contribution < -0.4 is 14.2 Å². The lowest BCUT2D eigenvalue weighted by Gasteiger charge is -2.37. The molecule has 0 aliphatic carbocycles. The number of benzene rings is 1. The summed E-state index contributed by atoms with van der Waals surface area (Å²) in [6.45, 7) is 1.21. The molecule has 27 heavy (non-hydrogen) atoms. The van der Waals surface area contributed by atoms with Gasteiger partial charge in [0.25, 0.3) is 0 Å². The van der Waals surface area contributed by atoms with Crippen LogP contribution in [0.5, 0.6) is 17.2 Å². The molecular formula is C20H25NO6. The van der Waals surface area contributed by atoms with Crippen molar-refractivity contribution in [1.29, 1.82) is 0 Å². The number of carbonyl (C=O) groups is 1. The fraction of sp³-hybridized carbons (Fsp3) is 0.450. The Morgan fingerprint density at radius 3 is 2.56 bits per heavy atom. The lowest BCUT2D eigenvalue weighted by Crippen LogP contribution is -2.41. The minimum Gasteiger partial charge on any atom is -0.493 e. The summed E-state index contributed by atoms with van der Waals surface area (Å²) in [6, 6.07) is 7.18. The Morgan fingerprint density at radius 2 is 1.96 bits per heavy atom. The first kappa shape index (κ1) is 19.1. The molecule has 0 saturated carbocycles. The predicted molar refractivity (Wildman–Crippen MR) is 98.6 cm³/mol. The van der Waals surface area contributed by atoms with E-state index in [2.05, 4.69) is 4.90 Å². The number of ether oxygens (including phenoxy) is 3. The molecule has 1 saturated heterocycles. The molecule has 1 aliphatic heterocycles. The fourth-order valence-corrected chi connectivity index (χ4v) is 3.76. The van der Waals surface area contributed by atoms with E-state index < -0.39 is 11.9 Å². The van der Waals surface area contributed by atoms with Gasteiger partial charge in [-0.25, -0.2) is 0 Å². The maximum atomic E-state index is 11.5. The quantitative estimate of drug-likeness (QED) is 0.796. The Labute approximate surface area is 158 Å². The second-order valence-corrected chi connectivity index (χ2v) is 6.51. The number of hydrogen-bond acceptors (Lipinski definition) is 6. The summed E-state index contributed by atoms with van der Waals surface area (Å²) >= 11 is 0. The normalized spacial score (nSPS) is 18.7. The van der Waals surface area contributed by atoms with Crippen LogP contribution in [0.25, 0.3) is 0 Å². The Bertz CT molecular complexity index is 773. The highest BCUT2D eigenvalue weighted by atomic mass is 16.5. The second-order valence-electron chi connectivity index (χ2n) is 6.51. The van der Waals surface area contributed by atoms with Crippen LogP contribution in [0.2, 0.25) is 0 Å². The van der Waals surface area contributed by atoms with Gasteiger partial charge in [-0.15, -0.1) is 0 Å². The van der Waals surface area contributed by atoms with Crippen molar-refractivity contribution in [2.45, 2.75) is 18.9 Å². The number of methoxy groups -OCH3 is 3. The van der Waals surface area contributed by atoms with Crippen LogP contribution in [-0.2, 0) is 4.79 Å². The van der Waals surface area contributed by atoms with Gasteiger partial charge >= 0.3 is 5.97 Å².